The lowest BCUT2D eigenvalue weighted by atomic mass is 10.2. The first-order valence-corrected chi connectivity index (χ1v) is 3.92. The predicted molar refractivity (Wildman–Crippen MR) is 47.0 cm³/mol. The molecule has 0 aliphatic carbocycles. The van der Waals surface area contributed by atoms with E-state index in [2.05, 4.69) is 5.32 Å². The van der Waals surface area contributed by atoms with Crippen LogP contribution in [0.4, 0.5) is 10.1 Å². The number of nitrogens with one attached hydrogen (secondary N) is 1. The molecule has 0 heterocycles. The second-order valence-electron chi connectivity index (χ2n) is 2.54. The molecule has 0 atom stereocenters. The van der Waals surface area contributed by atoms with Crippen molar-refractivity contribution in [1.82, 2.24) is 0 Å². The van der Waals surface area contributed by atoms with Crippen LogP contribution in [0.15, 0.2) is 18.2 Å². The van der Waals surface area contributed by atoms with Crippen molar-refractivity contribution in [2.24, 2.45) is 0 Å². The van der Waals surface area contributed by atoms with Gasteiger partial charge in [-0.2, -0.15) is 0 Å². The number of anilines is 1. The number of benzene rings is 1. The lowest BCUT2D eigenvalue weighted by Gasteiger charge is -2.05. The van der Waals surface area contributed by atoms with E-state index in [-0.39, 0.29) is 18.0 Å². The van der Waals surface area contributed by atoms with E-state index in [1.165, 1.54) is 18.2 Å². The first kappa shape index (κ1) is 9.51. The van der Waals surface area contributed by atoms with Crippen molar-refractivity contribution in [2.75, 3.05) is 5.32 Å². The third-order valence-corrected chi connectivity index (χ3v) is 1.57. The van der Waals surface area contributed by atoms with E-state index in [9.17, 15) is 9.18 Å². The first-order chi connectivity index (χ1) is 6.15. The summed E-state index contributed by atoms with van der Waals surface area (Å²) < 4.78 is 13.0. The van der Waals surface area contributed by atoms with Crippen LogP contribution in [0.1, 0.15) is 13.3 Å². The summed E-state index contributed by atoms with van der Waals surface area (Å²) in [5, 5.41) is 11.3. The van der Waals surface area contributed by atoms with Crippen molar-refractivity contribution < 1.29 is 14.3 Å². The van der Waals surface area contributed by atoms with E-state index < -0.39 is 11.6 Å². The molecule has 2 N–H and O–H groups in total. The molecule has 1 amide bonds. The Hall–Kier alpha value is -1.58. The molecule has 70 valence electrons. The number of phenols is 1. The molecular weight excluding hydrogens is 173 g/mol. The van der Waals surface area contributed by atoms with Gasteiger partial charge in [-0.25, -0.2) is 4.39 Å². The highest BCUT2D eigenvalue weighted by molar-refractivity contribution is 5.90. The Labute approximate surface area is 75.2 Å². The fraction of sp³-hybridized carbons (Fsp3) is 0.222. The normalized spacial score (nSPS) is 9.69. The number of carbonyl (C=O) groups excluding carboxylic acids is 1. The van der Waals surface area contributed by atoms with Crippen molar-refractivity contribution in [1.29, 1.82) is 0 Å². The number of aromatic hydroxyl groups is 1. The molecule has 1 rings (SSSR count). The molecular formula is C9H10FNO2. The summed E-state index contributed by atoms with van der Waals surface area (Å²) in [7, 11) is 0. The highest BCUT2D eigenvalue weighted by Gasteiger charge is 2.08. The number of rotatable bonds is 2. The minimum absolute atomic E-state index is 0.00634. The van der Waals surface area contributed by atoms with E-state index in [4.69, 9.17) is 5.11 Å². The molecule has 0 aliphatic heterocycles. The Kier molecular flexibility index (Phi) is 2.84. The Balaban J connectivity index is 2.89. The molecule has 0 aromatic heterocycles. The lowest BCUT2D eigenvalue weighted by Crippen LogP contribution is -2.10. The third-order valence-electron chi connectivity index (χ3n) is 1.57. The minimum Gasteiger partial charge on any atom is -0.505 e. The number of hydrogen-bond donors (Lipinski definition) is 2. The zero-order chi connectivity index (χ0) is 9.84. The standard InChI is InChI=1S/C9H10FNO2/c1-2-8(13)11-6-4-3-5-7(12)9(6)10/h3-5,12H,2H2,1H3,(H,11,13). The molecule has 0 saturated carbocycles. The van der Waals surface area contributed by atoms with Gasteiger partial charge in [-0.05, 0) is 12.1 Å². The van der Waals surface area contributed by atoms with Gasteiger partial charge in [0.25, 0.3) is 0 Å². The summed E-state index contributed by atoms with van der Waals surface area (Å²) in [5.74, 6) is -1.55. The molecule has 1 aromatic rings. The van der Waals surface area contributed by atoms with Crippen molar-refractivity contribution in [3.8, 4) is 5.75 Å². The van der Waals surface area contributed by atoms with Crippen LogP contribution in [0.3, 0.4) is 0 Å². The van der Waals surface area contributed by atoms with Crippen LogP contribution < -0.4 is 5.32 Å². The SMILES string of the molecule is CCC(=O)Nc1cccc(O)c1F. The molecule has 0 aliphatic rings. The number of amides is 1. The molecule has 4 heteroatoms. The molecule has 0 unspecified atom stereocenters. The van der Waals surface area contributed by atoms with E-state index in [1.54, 1.807) is 6.92 Å². The summed E-state index contributed by atoms with van der Waals surface area (Å²) in [6.45, 7) is 1.66. The van der Waals surface area contributed by atoms with Crippen LogP contribution in [0.5, 0.6) is 5.75 Å². The second-order valence-corrected chi connectivity index (χ2v) is 2.54. The van der Waals surface area contributed by atoms with Gasteiger partial charge in [-0.15, -0.1) is 0 Å². The Morgan fingerprint density at radius 2 is 2.31 bits per heavy atom. The summed E-state index contributed by atoms with van der Waals surface area (Å²) in [6, 6.07) is 4.07. The molecule has 0 saturated heterocycles. The average Bonchev–Trinajstić information content (AvgIpc) is 2.13. The van der Waals surface area contributed by atoms with Gasteiger partial charge >= 0.3 is 0 Å². The van der Waals surface area contributed by atoms with Crippen LogP contribution in [-0.2, 0) is 4.79 Å². The number of halogens is 1. The highest BCUT2D eigenvalue weighted by atomic mass is 19.1. The maximum Gasteiger partial charge on any atom is 0.224 e. The molecule has 3 nitrogen and oxygen atoms in total. The largest absolute Gasteiger partial charge is 0.505 e. The maximum atomic E-state index is 13.0. The summed E-state index contributed by atoms with van der Waals surface area (Å²) in [5.41, 5.74) is 0.00634. The van der Waals surface area contributed by atoms with Crippen molar-refractivity contribution >= 4 is 11.6 Å². The minimum atomic E-state index is -0.802. The van der Waals surface area contributed by atoms with Crippen LogP contribution in [0, 0.1) is 5.82 Å². The summed E-state index contributed by atoms with van der Waals surface area (Å²) >= 11 is 0. The zero-order valence-corrected chi connectivity index (χ0v) is 7.17. The van der Waals surface area contributed by atoms with Gasteiger partial charge in [0.2, 0.25) is 5.91 Å². The summed E-state index contributed by atoms with van der Waals surface area (Å²) in [4.78, 5) is 10.9. The topological polar surface area (TPSA) is 49.3 Å². The van der Waals surface area contributed by atoms with Crippen LogP contribution in [0.25, 0.3) is 0 Å². The number of carbonyl (C=O) groups is 1. The van der Waals surface area contributed by atoms with Crippen LogP contribution >= 0.6 is 0 Å². The molecule has 13 heavy (non-hydrogen) atoms. The summed E-state index contributed by atoms with van der Waals surface area (Å²) in [6.07, 6.45) is 0.273. The predicted octanol–water partition coefficient (Wildman–Crippen LogP) is 1.88. The van der Waals surface area contributed by atoms with E-state index in [0.717, 1.165) is 0 Å². The number of phenolic OH excluding ortho intramolecular Hbond substituents is 1. The van der Waals surface area contributed by atoms with Gasteiger partial charge in [-0.1, -0.05) is 13.0 Å². The first-order valence-electron chi connectivity index (χ1n) is 3.92. The van der Waals surface area contributed by atoms with Crippen molar-refractivity contribution in [3.63, 3.8) is 0 Å². The van der Waals surface area contributed by atoms with Gasteiger partial charge in [0, 0.05) is 6.42 Å². The fourth-order valence-electron chi connectivity index (χ4n) is 0.855. The second kappa shape index (κ2) is 3.89. The smallest absolute Gasteiger partial charge is 0.224 e. The Morgan fingerprint density at radius 3 is 2.92 bits per heavy atom. The molecule has 0 fully saturated rings. The van der Waals surface area contributed by atoms with E-state index in [0.29, 0.717) is 0 Å². The van der Waals surface area contributed by atoms with Gasteiger partial charge in [0.15, 0.2) is 11.6 Å². The fourth-order valence-corrected chi connectivity index (χ4v) is 0.855. The van der Waals surface area contributed by atoms with Gasteiger partial charge in [0.05, 0.1) is 5.69 Å². The zero-order valence-electron chi connectivity index (χ0n) is 7.17. The van der Waals surface area contributed by atoms with Gasteiger partial charge < -0.3 is 10.4 Å². The molecule has 1 aromatic carbocycles. The monoisotopic (exact) mass is 183 g/mol. The molecule has 0 bridgehead atoms. The molecule has 0 spiro atoms. The van der Waals surface area contributed by atoms with Crippen LogP contribution in [0.2, 0.25) is 0 Å². The van der Waals surface area contributed by atoms with E-state index in [1.807, 2.05) is 0 Å². The lowest BCUT2D eigenvalue weighted by molar-refractivity contribution is -0.115. The molecule has 0 radical (unpaired) electrons. The van der Waals surface area contributed by atoms with Crippen molar-refractivity contribution in [3.05, 3.63) is 24.0 Å². The average molecular weight is 183 g/mol. The Morgan fingerprint density at radius 1 is 1.62 bits per heavy atom. The van der Waals surface area contributed by atoms with E-state index >= 15 is 0 Å². The van der Waals surface area contributed by atoms with Crippen LogP contribution in [-0.4, -0.2) is 11.0 Å². The maximum absolute atomic E-state index is 13.0. The van der Waals surface area contributed by atoms with Crippen molar-refractivity contribution in [2.45, 2.75) is 13.3 Å². The quantitative estimate of drug-likeness (QED) is 0.735. The highest BCUT2D eigenvalue weighted by Crippen LogP contribution is 2.22. The third kappa shape index (κ3) is 2.18. The van der Waals surface area contributed by atoms with Gasteiger partial charge in [0.1, 0.15) is 0 Å². The Bertz CT molecular complexity index is 325. The number of hydrogen-bond acceptors (Lipinski definition) is 2. The van der Waals surface area contributed by atoms with Gasteiger partial charge in [-0.3, -0.25) is 4.79 Å².